The Morgan fingerprint density at radius 3 is 2.67 bits per heavy atom. The Balaban J connectivity index is 1.53. The van der Waals surface area contributed by atoms with E-state index in [1.807, 2.05) is 6.07 Å². The lowest BCUT2D eigenvalue weighted by molar-refractivity contribution is 0.0951. The quantitative estimate of drug-likeness (QED) is 0.778. The summed E-state index contributed by atoms with van der Waals surface area (Å²) in [5.41, 5.74) is 3.07. The molecule has 1 aromatic carbocycles. The molecule has 0 aromatic heterocycles. The number of aryl methyl sites for hydroxylation is 1. The average Bonchev–Trinajstić information content (AvgIpc) is 3.14. The molecule has 24 heavy (non-hydrogen) atoms. The molecule has 2 saturated heterocycles. The zero-order valence-corrected chi connectivity index (χ0v) is 14.8. The topological polar surface area (TPSA) is 47.6 Å². The van der Waals surface area contributed by atoms with Crippen LogP contribution in [-0.4, -0.2) is 63.2 Å². The van der Waals surface area contributed by atoms with Crippen molar-refractivity contribution < 1.29 is 4.79 Å². The molecule has 1 aromatic rings. The summed E-state index contributed by atoms with van der Waals surface area (Å²) in [7, 11) is 0. The van der Waals surface area contributed by atoms with E-state index < -0.39 is 0 Å². The third kappa shape index (κ3) is 4.48. The number of hydrogen-bond acceptors (Lipinski definition) is 4. The van der Waals surface area contributed by atoms with E-state index in [2.05, 4.69) is 39.5 Å². The lowest BCUT2D eigenvalue weighted by atomic mass is 10.1. The Labute approximate surface area is 145 Å². The highest BCUT2D eigenvalue weighted by atomic mass is 16.1. The second-order valence-corrected chi connectivity index (χ2v) is 6.92. The predicted octanol–water partition coefficient (Wildman–Crippen LogP) is 1.62. The molecule has 5 nitrogen and oxygen atoms in total. The van der Waals surface area contributed by atoms with E-state index in [4.69, 9.17) is 0 Å². The fourth-order valence-electron chi connectivity index (χ4n) is 3.60. The average molecular weight is 330 g/mol. The largest absolute Gasteiger partial charge is 0.371 e. The van der Waals surface area contributed by atoms with Crippen molar-refractivity contribution in [2.75, 3.05) is 57.3 Å². The number of carbonyl (C=O) groups excluding carboxylic acids is 1. The highest BCUT2D eigenvalue weighted by Gasteiger charge is 2.19. The van der Waals surface area contributed by atoms with Gasteiger partial charge in [-0.05, 0) is 44.9 Å². The summed E-state index contributed by atoms with van der Waals surface area (Å²) in [4.78, 5) is 17.5. The SMILES string of the molecule is Cc1ccc(N2CCCC2)c(C(=O)NCCCN2CCNCC2)c1. The van der Waals surface area contributed by atoms with Crippen molar-refractivity contribution in [1.29, 1.82) is 0 Å². The Hall–Kier alpha value is -1.59. The van der Waals surface area contributed by atoms with Gasteiger partial charge in [-0.3, -0.25) is 4.79 Å². The smallest absolute Gasteiger partial charge is 0.253 e. The summed E-state index contributed by atoms with van der Waals surface area (Å²) in [6, 6.07) is 6.24. The van der Waals surface area contributed by atoms with Crippen LogP contribution in [0, 0.1) is 6.92 Å². The van der Waals surface area contributed by atoms with E-state index >= 15 is 0 Å². The second kappa shape index (κ2) is 8.49. The van der Waals surface area contributed by atoms with Gasteiger partial charge >= 0.3 is 0 Å². The van der Waals surface area contributed by atoms with Crippen molar-refractivity contribution in [2.24, 2.45) is 0 Å². The monoisotopic (exact) mass is 330 g/mol. The summed E-state index contributed by atoms with van der Waals surface area (Å²) in [6.45, 7) is 10.4. The zero-order valence-electron chi connectivity index (χ0n) is 14.8. The number of benzene rings is 1. The van der Waals surface area contributed by atoms with E-state index in [1.165, 1.54) is 12.8 Å². The Morgan fingerprint density at radius 2 is 1.92 bits per heavy atom. The molecule has 2 aliphatic heterocycles. The van der Waals surface area contributed by atoms with Gasteiger partial charge in [0.15, 0.2) is 0 Å². The maximum atomic E-state index is 12.7. The summed E-state index contributed by atoms with van der Waals surface area (Å²) in [5, 5.41) is 6.49. The van der Waals surface area contributed by atoms with Gasteiger partial charge in [-0.25, -0.2) is 0 Å². The molecular formula is C19H30N4O. The van der Waals surface area contributed by atoms with Crippen molar-refractivity contribution in [3.63, 3.8) is 0 Å². The van der Waals surface area contributed by atoms with Crippen LogP contribution < -0.4 is 15.5 Å². The summed E-state index contributed by atoms with van der Waals surface area (Å²) < 4.78 is 0. The number of amides is 1. The highest BCUT2D eigenvalue weighted by Crippen LogP contribution is 2.25. The van der Waals surface area contributed by atoms with Gasteiger partial charge in [-0.15, -0.1) is 0 Å². The Bertz CT molecular complexity index is 548. The van der Waals surface area contributed by atoms with Crippen LogP contribution in [0.4, 0.5) is 5.69 Å². The molecule has 2 fully saturated rings. The first-order chi connectivity index (χ1) is 11.7. The molecule has 0 aliphatic carbocycles. The number of anilines is 1. The minimum atomic E-state index is 0.0703. The predicted molar refractivity (Wildman–Crippen MR) is 98.9 cm³/mol. The van der Waals surface area contributed by atoms with E-state index in [-0.39, 0.29) is 5.91 Å². The van der Waals surface area contributed by atoms with E-state index in [1.54, 1.807) is 0 Å². The third-order valence-corrected chi connectivity index (χ3v) is 4.99. The van der Waals surface area contributed by atoms with Gasteiger partial charge in [-0.1, -0.05) is 11.6 Å². The van der Waals surface area contributed by atoms with Gasteiger partial charge in [0.25, 0.3) is 5.91 Å². The van der Waals surface area contributed by atoms with Crippen LogP contribution in [-0.2, 0) is 0 Å². The van der Waals surface area contributed by atoms with Crippen molar-refractivity contribution >= 4 is 11.6 Å². The Kier molecular flexibility index (Phi) is 6.10. The van der Waals surface area contributed by atoms with Crippen LogP contribution in [0.3, 0.4) is 0 Å². The van der Waals surface area contributed by atoms with Crippen LogP contribution >= 0.6 is 0 Å². The number of nitrogens with one attached hydrogen (secondary N) is 2. The lowest BCUT2D eigenvalue weighted by Crippen LogP contribution is -2.44. The van der Waals surface area contributed by atoms with E-state index in [9.17, 15) is 4.79 Å². The molecule has 2 heterocycles. The van der Waals surface area contributed by atoms with Crippen LogP contribution in [0.15, 0.2) is 18.2 Å². The van der Waals surface area contributed by atoms with Crippen molar-refractivity contribution in [1.82, 2.24) is 15.5 Å². The van der Waals surface area contributed by atoms with E-state index in [0.29, 0.717) is 0 Å². The third-order valence-electron chi connectivity index (χ3n) is 4.99. The minimum absolute atomic E-state index is 0.0703. The molecule has 0 unspecified atom stereocenters. The maximum absolute atomic E-state index is 12.7. The molecule has 5 heteroatoms. The molecular weight excluding hydrogens is 300 g/mol. The molecule has 0 radical (unpaired) electrons. The van der Waals surface area contributed by atoms with Gasteiger partial charge in [-0.2, -0.15) is 0 Å². The molecule has 0 saturated carbocycles. The molecule has 0 spiro atoms. The molecule has 2 aliphatic rings. The van der Waals surface area contributed by atoms with Gasteiger partial charge in [0, 0.05) is 51.5 Å². The first kappa shape index (κ1) is 17.2. The first-order valence-electron chi connectivity index (χ1n) is 9.31. The molecule has 3 rings (SSSR count). The highest BCUT2D eigenvalue weighted by molar-refractivity contribution is 6.00. The van der Waals surface area contributed by atoms with E-state index in [0.717, 1.165) is 75.6 Å². The Morgan fingerprint density at radius 1 is 1.17 bits per heavy atom. The fourth-order valence-corrected chi connectivity index (χ4v) is 3.60. The molecule has 0 atom stereocenters. The summed E-state index contributed by atoms with van der Waals surface area (Å²) in [6.07, 6.45) is 3.45. The number of rotatable bonds is 6. The van der Waals surface area contributed by atoms with Crippen LogP contribution in [0.25, 0.3) is 0 Å². The minimum Gasteiger partial charge on any atom is -0.371 e. The number of piperazine rings is 1. The molecule has 2 N–H and O–H groups in total. The maximum Gasteiger partial charge on any atom is 0.253 e. The number of nitrogens with zero attached hydrogens (tertiary/aromatic N) is 2. The normalized spacial score (nSPS) is 18.8. The zero-order chi connectivity index (χ0) is 16.8. The summed E-state index contributed by atoms with van der Waals surface area (Å²) in [5.74, 6) is 0.0703. The standard InChI is InChI=1S/C19H30N4O/c1-16-5-6-18(23-11-2-3-12-23)17(15-16)19(24)21-7-4-10-22-13-8-20-9-14-22/h5-6,15,20H,2-4,7-14H2,1H3,(H,21,24). The van der Waals surface area contributed by atoms with Gasteiger partial charge in [0.2, 0.25) is 0 Å². The van der Waals surface area contributed by atoms with Crippen LogP contribution in [0.1, 0.15) is 35.2 Å². The van der Waals surface area contributed by atoms with Crippen molar-refractivity contribution in [3.05, 3.63) is 29.3 Å². The summed E-state index contributed by atoms with van der Waals surface area (Å²) >= 11 is 0. The van der Waals surface area contributed by atoms with Crippen LogP contribution in [0.5, 0.6) is 0 Å². The second-order valence-electron chi connectivity index (χ2n) is 6.92. The molecule has 1 amide bonds. The molecule has 0 bridgehead atoms. The van der Waals surface area contributed by atoms with Crippen molar-refractivity contribution in [2.45, 2.75) is 26.2 Å². The van der Waals surface area contributed by atoms with Gasteiger partial charge < -0.3 is 20.4 Å². The van der Waals surface area contributed by atoms with Gasteiger partial charge in [0.05, 0.1) is 5.56 Å². The fraction of sp³-hybridized carbons (Fsp3) is 0.632. The number of carbonyl (C=O) groups is 1. The lowest BCUT2D eigenvalue weighted by Gasteiger charge is -2.27. The van der Waals surface area contributed by atoms with Crippen LogP contribution in [0.2, 0.25) is 0 Å². The number of hydrogen-bond donors (Lipinski definition) is 2. The van der Waals surface area contributed by atoms with Gasteiger partial charge in [0.1, 0.15) is 0 Å². The molecule has 132 valence electrons. The first-order valence-corrected chi connectivity index (χ1v) is 9.31. The van der Waals surface area contributed by atoms with Crippen molar-refractivity contribution in [3.8, 4) is 0 Å².